The summed E-state index contributed by atoms with van der Waals surface area (Å²) >= 11 is 0. The zero-order valence-electron chi connectivity index (χ0n) is 17.2. The number of hydrogen-bond donors (Lipinski definition) is 3. The normalized spacial score (nSPS) is 10.8. The van der Waals surface area contributed by atoms with Crippen LogP contribution in [0.15, 0.2) is 41.5 Å². The minimum atomic E-state index is -0.0907. The van der Waals surface area contributed by atoms with Crippen LogP contribution in [-0.4, -0.2) is 52.6 Å². The smallest absolute Gasteiger partial charge is 0.199 e. The summed E-state index contributed by atoms with van der Waals surface area (Å²) in [4.78, 5) is 19.9. The van der Waals surface area contributed by atoms with Crippen LogP contribution >= 0.6 is 37.2 Å². The van der Waals surface area contributed by atoms with Crippen LogP contribution in [0.2, 0.25) is 0 Å². The van der Waals surface area contributed by atoms with Crippen LogP contribution in [0.3, 0.4) is 0 Å². The predicted octanol–water partition coefficient (Wildman–Crippen LogP) is 3.49. The second kappa shape index (κ2) is 11.5. The molecule has 0 atom stereocenters. The molecule has 2 aromatic carbocycles. The first-order valence-electron chi connectivity index (χ1n) is 9.61. The predicted molar refractivity (Wildman–Crippen MR) is 135 cm³/mol. The summed E-state index contributed by atoms with van der Waals surface area (Å²) in [6.45, 7) is 3.43. The number of aromatic hydroxyl groups is 1. The summed E-state index contributed by atoms with van der Waals surface area (Å²) in [6.07, 6.45) is 3.69. The molecule has 31 heavy (non-hydrogen) atoms. The average Bonchev–Trinajstić information content (AvgIpc) is 3.12. The summed E-state index contributed by atoms with van der Waals surface area (Å²) in [5, 5.41) is 14.4. The first-order valence-corrected chi connectivity index (χ1v) is 9.61. The molecule has 0 bridgehead atoms. The van der Waals surface area contributed by atoms with Gasteiger partial charge < -0.3 is 21.1 Å². The van der Waals surface area contributed by atoms with Gasteiger partial charge in [0.05, 0.1) is 27.3 Å². The van der Waals surface area contributed by atoms with E-state index in [1.54, 1.807) is 18.5 Å². The van der Waals surface area contributed by atoms with Gasteiger partial charge in [0.2, 0.25) is 0 Å². The number of fused-ring (bicyclic) bond motifs is 2. The van der Waals surface area contributed by atoms with E-state index in [1.165, 1.54) is 6.07 Å². The molecule has 170 valence electrons. The van der Waals surface area contributed by atoms with E-state index < -0.39 is 0 Å². The van der Waals surface area contributed by atoms with Crippen molar-refractivity contribution >= 4 is 70.2 Å². The number of nitrogens with two attached hydrogens (primary N) is 1. The molecule has 2 aromatic heterocycles. The zero-order chi connectivity index (χ0) is 19.7. The second-order valence-electron chi connectivity index (χ2n) is 7.23. The molecule has 0 spiro atoms. The monoisotopic (exact) mass is 487 g/mol. The number of rotatable bonds is 8. The molecule has 7 nitrogen and oxygen atoms in total. The van der Waals surface area contributed by atoms with Gasteiger partial charge in [-0.05, 0) is 69.9 Å². The third-order valence-electron chi connectivity index (χ3n) is 5.20. The number of pyridine rings is 1. The maximum atomic E-state index is 13.2. The Hall–Kier alpha value is -2.03. The fourth-order valence-electron chi connectivity index (χ4n) is 3.76. The van der Waals surface area contributed by atoms with E-state index in [9.17, 15) is 9.90 Å². The van der Waals surface area contributed by atoms with Crippen molar-refractivity contribution in [3.63, 3.8) is 0 Å². The fourth-order valence-corrected chi connectivity index (χ4v) is 3.76. The lowest BCUT2D eigenvalue weighted by atomic mass is 10.1. The third kappa shape index (κ3) is 5.25. The number of aromatic nitrogens is 2. The lowest BCUT2D eigenvalue weighted by Gasteiger charge is -2.16. The summed E-state index contributed by atoms with van der Waals surface area (Å²) < 4.78 is 1.92. The van der Waals surface area contributed by atoms with Crippen molar-refractivity contribution in [2.24, 2.45) is 5.73 Å². The highest BCUT2D eigenvalue weighted by Crippen LogP contribution is 2.29. The first kappa shape index (κ1) is 27.0. The van der Waals surface area contributed by atoms with Crippen molar-refractivity contribution in [2.75, 3.05) is 38.5 Å². The number of halogens is 3. The molecule has 4 aromatic rings. The standard InChI is InChI=1S/C21H25N5O2.3ClH/c1-25(10-2-8-22)11-3-9-23-16-5-6-17-20-19(16)21(28)15-12-14(27)4-7-18(15)26(20)13-24-17;;;/h4-7,12-13,23,27H,2-3,8-11,22H2,1H3;3*1H. The molecule has 0 fully saturated rings. The van der Waals surface area contributed by atoms with Gasteiger partial charge in [-0.25, -0.2) is 4.98 Å². The van der Waals surface area contributed by atoms with Gasteiger partial charge in [-0.2, -0.15) is 0 Å². The van der Waals surface area contributed by atoms with Gasteiger partial charge in [0.25, 0.3) is 0 Å². The Balaban J connectivity index is 0.00000160. The molecular formula is C21H28Cl3N5O2. The van der Waals surface area contributed by atoms with Crippen molar-refractivity contribution in [3.8, 4) is 5.75 Å². The van der Waals surface area contributed by atoms with Crippen LogP contribution in [0, 0.1) is 0 Å². The fraction of sp³-hybridized carbons (Fsp3) is 0.333. The number of nitrogens with zero attached hydrogens (tertiary/aromatic N) is 3. The zero-order valence-corrected chi connectivity index (χ0v) is 19.7. The summed E-state index contributed by atoms with van der Waals surface area (Å²) in [7, 11) is 2.09. The van der Waals surface area contributed by atoms with Crippen LogP contribution in [0.1, 0.15) is 12.8 Å². The number of imidazole rings is 1. The molecule has 0 saturated carbocycles. The lowest BCUT2D eigenvalue weighted by Crippen LogP contribution is -2.24. The minimum Gasteiger partial charge on any atom is -0.508 e. The van der Waals surface area contributed by atoms with Crippen LogP contribution in [0.5, 0.6) is 5.75 Å². The second-order valence-corrected chi connectivity index (χ2v) is 7.23. The van der Waals surface area contributed by atoms with Gasteiger partial charge in [0, 0.05) is 12.2 Å². The molecule has 0 radical (unpaired) electrons. The molecule has 0 aliphatic carbocycles. The average molecular weight is 489 g/mol. The van der Waals surface area contributed by atoms with Crippen molar-refractivity contribution in [1.82, 2.24) is 14.3 Å². The Morgan fingerprint density at radius 2 is 1.87 bits per heavy atom. The number of phenolic OH excluding ortho intramolecular Hbond substituents is 1. The van der Waals surface area contributed by atoms with E-state index in [4.69, 9.17) is 5.73 Å². The van der Waals surface area contributed by atoms with E-state index >= 15 is 0 Å². The molecule has 0 unspecified atom stereocenters. The Labute approximate surface area is 199 Å². The Morgan fingerprint density at radius 3 is 2.61 bits per heavy atom. The SMILES string of the molecule is CN(CCCN)CCCNc1ccc2ncn3c4ccc(O)cc4c(=O)c1c23.Cl.Cl.Cl. The van der Waals surface area contributed by atoms with Gasteiger partial charge in [-0.3, -0.25) is 9.20 Å². The van der Waals surface area contributed by atoms with Gasteiger partial charge in [-0.1, -0.05) is 0 Å². The van der Waals surface area contributed by atoms with Crippen LogP contribution in [-0.2, 0) is 0 Å². The van der Waals surface area contributed by atoms with Crippen LogP contribution in [0.25, 0.3) is 27.3 Å². The minimum absolute atomic E-state index is 0. The highest BCUT2D eigenvalue weighted by atomic mass is 35.5. The number of nitrogens with one attached hydrogen (secondary N) is 1. The number of hydrogen-bond acceptors (Lipinski definition) is 6. The van der Waals surface area contributed by atoms with Crippen molar-refractivity contribution < 1.29 is 5.11 Å². The number of benzene rings is 2. The van der Waals surface area contributed by atoms with Gasteiger partial charge >= 0.3 is 0 Å². The molecule has 0 amide bonds. The molecule has 0 aliphatic heterocycles. The quantitative estimate of drug-likeness (QED) is 0.259. The summed E-state index contributed by atoms with van der Waals surface area (Å²) in [6, 6.07) is 8.72. The lowest BCUT2D eigenvalue weighted by molar-refractivity contribution is 0.330. The van der Waals surface area contributed by atoms with E-state index in [-0.39, 0.29) is 48.4 Å². The highest BCUT2D eigenvalue weighted by molar-refractivity contribution is 6.07. The maximum Gasteiger partial charge on any atom is 0.199 e. The van der Waals surface area contributed by atoms with Gasteiger partial charge in [0.1, 0.15) is 12.1 Å². The number of anilines is 1. The molecule has 10 heteroatoms. The van der Waals surface area contributed by atoms with E-state index in [1.807, 2.05) is 16.5 Å². The van der Waals surface area contributed by atoms with Gasteiger partial charge in [-0.15, -0.1) is 37.2 Å². The Kier molecular flexibility index (Phi) is 10.1. The van der Waals surface area contributed by atoms with E-state index in [0.29, 0.717) is 17.3 Å². The third-order valence-corrected chi connectivity index (χ3v) is 5.20. The Morgan fingerprint density at radius 1 is 1.13 bits per heavy atom. The van der Waals surface area contributed by atoms with Crippen LogP contribution < -0.4 is 16.5 Å². The Bertz CT molecular complexity index is 1180. The van der Waals surface area contributed by atoms with Crippen molar-refractivity contribution in [1.29, 1.82) is 0 Å². The molecule has 4 rings (SSSR count). The van der Waals surface area contributed by atoms with Crippen molar-refractivity contribution in [2.45, 2.75) is 12.8 Å². The molecule has 2 heterocycles. The van der Waals surface area contributed by atoms with Crippen LogP contribution in [0.4, 0.5) is 5.69 Å². The maximum absolute atomic E-state index is 13.2. The van der Waals surface area contributed by atoms with Crippen molar-refractivity contribution in [3.05, 3.63) is 46.9 Å². The van der Waals surface area contributed by atoms with E-state index in [0.717, 1.165) is 54.7 Å². The summed E-state index contributed by atoms with van der Waals surface area (Å²) in [5.41, 5.74) is 8.62. The topological polar surface area (TPSA) is 95.9 Å². The summed E-state index contributed by atoms with van der Waals surface area (Å²) in [5.74, 6) is 0.0814. The number of phenols is 1. The van der Waals surface area contributed by atoms with Gasteiger partial charge in [0.15, 0.2) is 5.43 Å². The van der Waals surface area contributed by atoms with E-state index in [2.05, 4.69) is 22.2 Å². The molecular weight excluding hydrogens is 461 g/mol. The largest absolute Gasteiger partial charge is 0.508 e. The molecule has 0 saturated heterocycles. The first-order chi connectivity index (χ1) is 13.6. The molecule has 0 aliphatic rings. The highest BCUT2D eigenvalue weighted by Gasteiger charge is 2.16. The molecule has 4 N–H and O–H groups in total.